The Morgan fingerprint density at radius 1 is 0.931 bits per heavy atom. The molecule has 1 heterocycles. The lowest BCUT2D eigenvalue weighted by molar-refractivity contribution is 0.414. The number of pyridine rings is 1. The molecule has 0 bridgehead atoms. The molecular formula is C24H20N2O3. The molecule has 1 N–H and O–H groups in total. The van der Waals surface area contributed by atoms with E-state index in [1.54, 1.807) is 43.7 Å². The van der Waals surface area contributed by atoms with Crippen LogP contribution in [0.3, 0.4) is 0 Å². The van der Waals surface area contributed by atoms with E-state index in [1.807, 2.05) is 48.5 Å². The van der Waals surface area contributed by atoms with Crippen LogP contribution in [0.5, 0.6) is 11.6 Å². The van der Waals surface area contributed by atoms with Gasteiger partial charge in [-0.05, 0) is 35.9 Å². The second-order valence-electron chi connectivity index (χ2n) is 6.58. The Morgan fingerprint density at radius 2 is 1.59 bits per heavy atom. The van der Waals surface area contributed by atoms with Crippen molar-refractivity contribution in [3.63, 3.8) is 0 Å². The zero-order valence-electron chi connectivity index (χ0n) is 15.9. The van der Waals surface area contributed by atoms with Crippen molar-refractivity contribution >= 4 is 17.0 Å². The van der Waals surface area contributed by atoms with Crippen LogP contribution in [0.25, 0.3) is 16.5 Å². The highest BCUT2D eigenvalue weighted by Gasteiger charge is 2.16. The maximum Gasteiger partial charge on any atom is 0.265 e. The molecule has 29 heavy (non-hydrogen) atoms. The molecule has 4 rings (SSSR count). The van der Waals surface area contributed by atoms with Crippen molar-refractivity contribution in [2.75, 3.05) is 7.11 Å². The molecule has 1 aromatic heterocycles. The fraction of sp³-hybridized carbons (Fsp3) is 0.0833. The first-order chi connectivity index (χ1) is 14.2. The smallest absolute Gasteiger partial charge is 0.265 e. The van der Waals surface area contributed by atoms with Crippen LogP contribution >= 0.6 is 0 Å². The van der Waals surface area contributed by atoms with Crippen LogP contribution in [0.15, 0.2) is 88.6 Å². The molecule has 4 aromatic rings. The molecule has 5 heteroatoms. The normalized spacial score (nSPS) is 11.2. The Hall–Kier alpha value is -3.86. The number of ether oxygens (including phenoxy) is 1. The van der Waals surface area contributed by atoms with Crippen LogP contribution in [0.1, 0.15) is 11.1 Å². The first kappa shape index (κ1) is 18.5. The van der Waals surface area contributed by atoms with Crippen molar-refractivity contribution in [1.82, 2.24) is 4.57 Å². The van der Waals surface area contributed by atoms with E-state index in [0.717, 1.165) is 5.56 Å². The summed E-state index contributed by atoms with van der Waals surface area (Å²) in [5, 5.41) is 12.2. The summed E-state index contributed by atoms with van der Waals surface area (Å²) in [6.07, 6.45) is 1.63. The molecule has 0 saturated carbocycles. The summed E-state index contributed by atoms with van der Waals surface area (Å²) < 4.78 is 6.48. The molecule has 0 atom stereocenters. The Morgan fingerprint density at radius 3 is 2.28 bits per heavy atom. The first-order valence-corrected chi connectivity index (χ1v) is 9.24. The average Bonchev–Trinajstić information content (AvgIpc) is 2.77. The minimum absolute atomic E-state index is 0.143. The minimum Gasteiger partial charge on any atom is -0.497 e. The molecule has 144 valence electrons. The lowest BCUT2D eigenvalue weighted by Crippen LogP contribution is -2.20. The summed E-state index contributed by atoms with van der Waals surface area (Å²) in [4.78, 5) is 17.6. The van der Waals surface area contributed by atoms with Crippen molar-refractivity contribution in [1.29, 1.82) is 0 Å². The number of aliphatic imine (C=N–C) groups is 1. The Labute approximate surface area is 168 Å². The first-order valence-electron chi connectivity index (χ1n) is 9.24. The third kappa shape index (κ3) is 3.62. The number of hydrogen-bond donors (Lipinski definition) is 1. The minimum atomic E-state index is -0.288. The molecule has 0 aliphatic carbocycles. The average molecular weight is 384 g/mol. The summed E-state index contributed by atoms with van der Waals surface area (Å²) in [5.41, 5.74) is 1.84. The van der Waals surface area contributed by atoms with Crippen LogP contribution in [0.4, 0.5) is 0 Å². The quantitative estimate of drug-likeness (QED) is 0.521. The van der Waals surface area contributed by atoms with Gasteiger partial charge in [-0.2, -0.15) is 0 Å². The summed E-state index contributed by atoms with van der Waals surface area (Å²) in [6, 6.07) is 24.1. The van der Waals surface area contributed by atoms with E-state index in [-0.39, 0.29) is 11.4 Å². The van der Waals surface area contributed by atoms with Crippen LogP contribution in [0.2, 0.25) is 0 Å². The highest BCUT2D eigenvalue weighted by molar-refractivity contribution is 6.01. The van der Waals surface area contributed by atoms with Gasteiger partial charge in [0.05, 0.1) is 24.9 Å². The number of fused-ring (bicyclic) bond motifs is 1. The topological polar surface area (TPSA) is 63.8 Å². The maximum absolute atomic E-state index is 13.1. The van der Waals surface area contributed by atoms with E-state index >= 15 is 0 Å². The summed E-state index contributed by atoms with van der Waals surface area (Å²) in [7, 11) is 1.58. The van der Waals surface area contributed by atoms with Crippen molar-refractivity contribution in [2.45, 2.75) is 6.54 Å². The van der Waals surface area contributed by atoms with Crippen LogP contribution in [0, 0.1) is 0 Å². The fourth-order valence-corrected chi connectivity index (χ4v) is 3.29. The highest BCUT2D eigenvalue weighted by atomic mass is 16.5. The van der Waals surface area contributed by atoms with E-state index in [2.05, 4.69) is 4.99 Å². The largest absolute Gasteiger partial charge is 0.497 e. The van der Waals surface area contributed by atoms with E-state index in [4.69, 9.17) is 4.74 Å². The molecule has 0 saturated heterocycles. The lowest BCUT2D eigenvalue weighted by atomic mass is 10.1. The summed E-state index contributed by atoms with van der Waals surface area (Å²) in [6.45, 7) is 0.482. The third-order valence-corrected chi connectivity index (χ3v) is 4.77. The van der Waals surface area contributed by atoms with Gasteiger partial charge in [-0.15, -0.1) is 0 Å². The molecule has 0 unspecified atom stereocenters. The van der Waals surface area contributed by atoms with E-state index in [1.165, 1.54) is 4.57 Å². The number of aromatic nitrogens is 1. The molecule has 0 fully saturated rings. The number of aromatic hydroxyl groups is 1. The third-order valence-electron chi connectivity index (χ3n) is 4.77. The monoisotopic (exact) mass is 384 g/mol. The number of nitrogens with zero attached hydrogens (tertiary/aromatic N) is 2. The fourth-order valence-electron chi connectivity index (χ4n) is 3.29. The van der Waals surface area contributed by atoms with Crippen LogP contribution in [-0.2, 0) is 6.54 Å². The molecule has 0 spiro atoms. The molecule has 0 radical (unpaired) electrons. The van der Waals surface area contributed by atoms with Gasteiger partial charge in [0.15, 0.2) is 0 Å². The van der Waals surface area contributed by atoms with Gasteiger partial charge in [-0.25, -0.2) is 4.57 Å². The lowest BCUT2D eigenvalue weighted by Gasteiger charge is -2.14. The van der Waals surface area contributed by atoms with Crippen LogP contribution in [-0.4, -0.2) is 23.0 Å². The predicted octanol–water partition coefficient (Wildman–Crippen LogP) is 4.32. The predicted molar refractivity (Wildman–Crippen MR) is 116 cm³/mol. The van der Waals surface area contributed by atoms with Gasteiger partial charge >= 0.3 is 0 Å². The molecule has 0 aliphatic heterocycles. The van der Waals surface area contributed by atoms with Crippen molar-refractivity contribution in [3.05, 3.63) is 100 Å². The molecule has 0 aliphatic rings. The van der Waals surface area contributed by atoms with E-state index < -0.39 is 0 Å². The van der Waals surface area contributed by atoms with Crippen molar-refractivity contribution < 1.29 is 9.84 Å². The second-order valence-corrected chi connectivity index (χ2v) is 6.58. The van der Waals surface area contributed by atoms with Gasteiger partial charge in [-0.3, -0.25) is 9.79 Å². The SMILES string of the molecule is COc1ccc(-n2c(O)c(C=NCc3ccccc3)c3ccccc3c2=O)cc1. The Bertz CT molecular complexity index is 1230. The number of hydrogen-bond acceptors (Lipinski definition) is 4. The molecular weight excluding hydrogens is 364 g/mol. The van der Waals surface area contributed by atoms with Gasteiger partial charge in [-0.1, -0.05) is 48.5 Å². The molecule has 3 aromatic carbocycles. The number of methoxy groups -OCH3 is 1. The van der Waals surface area contributed by atoms with E-state index in [0.29, 0.717) is 34.3 Å². The molecule has 0 amide bonds. The van der Waals surface area contributed by atoms with Crippen molar-refractivity contribution in [2.24, 2.45) is 4.99 Å². The van der Waals surface area contributed by atoms with Gasteiger partial charge < -0.3 is 9.84 Å². The standard InChI is InChI=1S/C24H20N2O3/c1-29-19-13-11-18(12-14-19)26-23(27)21-10-6-5-9-20(21)22(24(26)28)16-25-15-17-7-3-2-4-8-17/h2-14,16,28H,15H2,1H3. The van der Waals surface area contributed by atoms with Gasteiger partial charge in [0.25, 0.3) is 5.56 Å². The van der Waals surface area contributed by atoms with Crippen molar-refractivity contribution in [3.8, 4) is 17.3 Å². The van der Waals surface area contributed by atoms with E-state index in [9.17, 15) is 9.90 Å². The Kier molecular flexibility index (Phi) is 5.12. The molecule has 5 nitrogen and oxygen atoms in total. The van der Waals surface area contributed by atoms with Gasteiger partial charge in [0, 0.05) is 17.0 Å². The highest BCUT2D eigenvalue weighted by Crippen LogP contribution is 2.26. The Balaban J connectivity index is 1.85. The zero-order chi connectivity index (χ0) is 20.2. The summed E-state index contributed by atoms with van der Waals surface area (Å²) in [5.74, 6) is 0.530. The van der Waals surface area contributed by atoms with Gasteiger partial charge in [0.1, 0.15) is 5.75 Å². The van der Waals surface area contributed by atoms with Gasteiger partial charge in [0.2, 0.25) is 5.88 Å². The van der Waals surface area contributed by atoms with Crippen LogP contribution < -0.4 is 10.3 Å². The number of rotatable bonds is 5. The maximum atomic E-state index is 13.1. The number of benzene rings is 3. The zero-order valence-corrected chi connectivity index (χ0v) is 15.9. The second kappa shape index (κ2) is 8.02. The summed E-state index contributed by atoms with van der Waals surface area (Å²) >= 11 is 0.